The molecule has 0 spiro atoms. The lowest BCUT2D eigenvalue weighted by molar-refractivity contribution is -0.151. The maximum Gasteiger partial charge on any atom is 0.334 e. The van der Waals surface area contributed by atoms with E-state index in [1.54, 1.807) is 0 Å². The minimum atomic E-state index is -0.813. The molecule has 0 bridgehead atoms. The average molecular weight is 433 g/mol. The number of allylic oxidation sites excluding steroid dienone is 2. The number of hydrogen-bond donors (Lipinski definition) is 0. The molecule has 2 fully saturated rings. The molecule has 3 rings (SSSR count). The van der Waals surface area contributed by atoms with Crippen molar-refractivity contribution in [3.63, 3.8) is 0 Å². The number of carbonyl (C=O) groups is 3. The van der Waals surface area contributed by atoms with E-state index in [2.05, 4.69) is 18.7 Å². The standard InChI is InChI=1S/C24H32O7/c1-13-8-7-9-14(2)12-18(28-16(4)25)20-15(3)23(27)30-21(20)22-24(6,31-22)19(11-10-13)29-17(5)26/h9-10,18-22H,3,7-8,11-12H2,1-2,4-6H3/b13-10+,14-9-/t18-,19-,20-,21+,22+,24+/m1/s1. The molecule has 0 aromatic heterocycles. The van der Waals surface area contributed by atoms with Gasteiger partial charge in [0.15, 0.2) is 0 Å². The summed E-state index contributed by atoms with van der Waals surface area (Å²) in [6.45, 7) is 12.5. The van der Waals surface area contributed by atoms with Crippen molar-refractivity contribution in [3.8, 4) is 0 Å². The van der Waals surface area contributed by atoms with Crippen LogP contribution < -0.4 is 0 Å². The molecule has 6 atom stereocenters. The predicted octanol–water partition coefficient (Wildman–Crippen LogP) is 3.57. The maximum absolute atomic E-state index is 12.4. The molecule has 170 valence electrons. The molecule has 0 radical (unpaired) electrons. The first-order valence-electron chi connectivity index (χ1n) is 10.8. The molecular formula is C24H32O7. The Morgan fingerprint density at radius 1 is 1.13 bits per heavy atom. The third-order valence-electron chi connectivity index (χ3n) is 6.35. The summed E-state index contributed by atoms with van der Waals surface area (Å²) < 4.78 is 22.9. The van der Waals surface area contributed by atoms with Gasteiger partial charge in [0, 0.05) is 32.3 Å². The van der Waals surface area contributed by atoms with E-state index in [0.29, 0.717) is 12.8 Å². The summed E-state index contributed by atoms with van der Waals surface area (Å²) in [4.78, 5) is 36.0. The second-order valence-electron chi connectivity index (χ2n) is 8.97. The van der Waals surface area contributed by atoms with Gasteiger partial charge in [0.2, 0.25) is 0 Å². The normalized spacial score (nSPS) is 39.5. The zero-order valence-electron chi connectivity index (χ0n) is 18.9. The quantitative estimate of drug-likeness (QED) is 0.217. The largest absolute Gasteiger partial charge is 0.461 e. The molecule has 1 aliphatic carbocycles. The van der Waals surface area contributed by atoms with Crippen LogP contribution in [0.1, 0.15) is 60.3 Å². The molecule has 7 nitrogen and oxygen atoms in total. The van der Waals surface area contributed by atoms with Gasteiger partial charge in [0.1, 0.15) is 30.0 Å². The van der Waals surface area contributed by atoms with Crippen LogP contribution in [0, 0.1) is 5.92 Å². The van der Waals surface area contributed by atoms with E-state index in [9.17, 15) is 14.4 Å². The van der Waals surface area contributed by atoms with Crippen molar-refractivity contribution in [1.29, 1.82) is 0 Å². The van der Waals surface area contributed by atoms with Crippen LogP contribution >= 0.6 is 0 Å². The molecule has 2 heterocycles. The minimum absolute atomic E-state index is 0.272. The van der Waals surface area contributed by atoms with Gasteiger partial charge < -0.3 is 18.9 Å². The molecule has 0 unspecified atom stereocenters. The van der Waals surface area contributed by atoms with Gasteiger partial charge in [0.25, 0.3) is 0 Å². The highest BCUT2D eigenvalue weighted by Crippen LogP contribution is 2.50. The fourth-order valence-corrected chi connectivity index (χ4v) is 4.60. The molecule has 31 heavy (non-hydrogen) atoms. The van der Waals surface area contributed by atoms with Crippen LogP contribution in [0.5, 0.6) is 0 Å². The summed E-state index contributed by atoms with van der Waals surface area (Å²) in [5.74, 6) is -1.88. The lowest BCUT2D eigenvalue weighted by atomic mass is 9.82. The number of esters is 3. The van der Waals surface area contributed by atoms with Crippen LogP contribution in [0.3, 0.4) is 0 Å². The zero-order chi connectivity index (χ0) is 22.9. The third kappa shape index (κ3) is 5.09. The fraction of sp³-hybridized carbons (Fsp3) is 0.625. The van der Waals surface area contributed by atoms with Gasteiger partial charge in [-0.25, -0.2) is 4.79 Å². The van der Waals surface area contributed by atoms with Gasteiger partial charge in [0.05, 0.1) is 5.92 Å². The second kappa shape index (κ2) is 8.99. The summed E-state index contributed by atoms with van der Waals surface area (Å²) >= 11 is 0. The molecule has 7 heteroatoms. The van der Waals surface area contributed by atoms with Crippen LogP contribution in [0.4, 0.5) is 0 Å². The van der Waals surface area contributed by atoms with Crippen molar-refractivity contribution in [2.75, 3.05) is 0 Å². The van der Waals surface area contributed by atoms with Gasteiger partial charge in [-0.2, -0.15) is 0 Å². The second-order valence-corrected chi connectivity index (χ2v) is 8.97. The highest BCUT2D eigenvalue weighted by molar-refractivity contribution is 5.91. The topological polar surface area (TPSA) is 91.4 Å². The number of hydrogen-bond acceptors (Lipinski definition) is 7. The monoisotopic (exact) mass is 432 g/mol. The summed E-state index contributed by atoms with van der Waals surface area (Å²) in [5.41, 5.74) is 1.72. The number of ether oxygens (including phenoxy) is 4. The third-order valence-corrected chi connectivity index (χ3v) is 6.35. The van der Waals surface area contributed by atoms with E-state index in [-0.39, 0.29) is 5.57 Å². The zero-order valence-corrected chi connectivity index (χ0v) is 18.9. The van der Waals surface area contributed by atoms with Gasteiger partial charge >= 0.3 is 17.9 Å². The van der Waals surface area contributed by atoms with Gasteiger partial charge in [-0.15, -0.1) is 0 Å². The average Bonchev–Trinajstić information content (AvgIpc) is 3.26. The summed E-state index contributed by atoms with van der Waals surface area (Å²) in [7, 11) is 0. The first-order valence-corrected chi connectivity index (χ1v) is 10.8. The molecule has 0 amide bonds. The minimum Gasteiger partial charge on any atom is -0.461 e. The molecule has 2 saturated heterocycles. The molecule has 0 N–H and O–H groups in total. The highest BCUT2D eigenvalue weighted by Gasteiger charge is 2.67. The van der Waals surface area contributed by atoms with Crippen LogP contribution in [-0.2, 0) is 33.3 Å². The van der Waals surface area contributed by atoms with Crippen LogP contribution in [0.25, 0.3) is 0 Å². The van der Waals surface area contributed by atoms with Gasteiger partial charge in [-0.05, 0) is 33.6 Å². The van der Waals surface area contributed by atoms with Gasteiger partial charge in [-0.3, -0.25) is 9.59 Å². The van der Waals surface area contributed by atoms with Crippen LogP contribution in [0.2, 0.25) is 0 Å². The molecule has 2 aliphatic heterocycles. The predicted molar refractivity (Wildman–Crippen MR) is 113 cm³/mol. The summed E-state index contributed by atoms with van der Waals surface area (Å²) in [6.07, 6.45) is 4.57. The first-order chi connectivity index (χ1) is 14.5. The maximum atomic E-state index is 12.4. The Kier molecular flexibility index (Phi) is 6.74. The van der Waals surface area contributed by atoms with Crippen molar-refractivity contribution in [3.05, 3.63) is 35.5 Å². The van der Waals surface area contributed by atoms with E-state index in [0.717, 1.165) is 18.4 Å². The molecule has 0 aromatic carbocycles. The Balaban J connectivity index is 2.00. The number of fused-ring (bicyclic) bond motifs is 3. The Bertz CT molecular complexity index is 839. The fourth-order valence-electron chi connectivity index (χ4n) is 4.60. The molecule has 0 aromatic rings. The molecule has 3 aliphatic rings. The Hall–Kier alpha value is -2.41. The van der Waals surface area contributed by atoms with Crippen molar-refractivity contribution < 1.29 is 33.3 Å². The summed E-state index contributed by atoms with van der Waals surface area (Å²) in [6, 6.07) is 0. The van der Waals surface area contributed by atoms with Crippen molar-refractivity contribution in [2.45, 2.75) is 90.3 Å². The highest BCUT2D eigenvalue weighted by atomic mass is 16.7. The van der Waals surface area contributed by atoms with E-state index < -0.39 is 53.8 Å². The van der Waals surface area contributed by atoms with Crippen molar-refractivity contribution >= 4 is 17.9 Å². The van der Waals surface area contributed by atoms with E-state index in [1.165, 1.54) is 19.4 Å². The van der Waals surface area contributed by atoms with E-state index in [1.807, 2.05) is 20.8 Å². The van der Waals surface area contributed by atoms with E-state index in [4.69, 9.17) is 18.9 Å². The Labute approximate surface area is 183 Å². The number of rotatable bonds is 2. The smallest absolute Gasteiger partial charge is 0.334 e. The number of epoxide rings is 1. The lowest BCUT2D eigenvalue weighted by Gasteiger charge is -2.28. The molecule has 0 saturated carbocycles. The van der Waals surface area contributed by atoms with Gasteiger partial charge in [-0.1, -0.05) is 29.9 Å². The molecular weight excluding hydrogens is 400 g/mol. The van der Waals surface area contributed by atoms with Crippen molar-refractivity contribution in [1.82, 2.24) is 0 Å². The van der Waals surface area contributed by atoms with E-state index >= 15 is 0 Å². The van der Waals surface area contributed by atoms with Crippen molar-refractivity contribution in [2.24, 2.45) is 5.92 Å². The van der Waals surface area contributed by atoms with Crippen LogP contribution in [0.15, 0.2) is 35.5 Å². The SMILES string of the molecule is C=C1C(=O)O[C@H]2[C@H]1[C@H](OC(C)=O)C/C(C)=C\CC/C(C)=C/C[C@@H](OC(C)=O)[C@]1(C)O[C@@H]21. The van der Waals surface area contributed by atoms with Crippen LogP contribution in [-0.4, -0.2) is 47.9 Å². The lowest BCUT2D eigenvalue weighted by Crippen LogP contribution is -2.41. The first kappa shape index (κ1) is 23.3. The number of carbonyl (C=O) groups excluding carboxylic acids is 3. The Morgan fingerprint density at radius 2 is 1.81 bits per heavy atom. The summed E-state index contributed by atoms with van der Waals surface area (Å²) in [5, 5.41) is 0. The Morgan fingerprint density at radius 3 is 2.45 bits per heavy atom.